The second kappa shape index (κ2) is 5.57. The first kappa shape index (κ1) is 13.0. The number of para-hydroxylation sites is 3. The number of hydrogen-bond donors (Lipinski definition) is 0. The van der Waals surface area contributed by atoms with Crippen LogP contribution in [0.15, 0.2) is 84.9 Å². The van der Waals surface area contributed by atoms with Gasteiger partial charge in [-0.15, -0.1) is 0 Å². The molecule has 22 heavy (non-hydrogen) atoms. The predicted molar refractivity (Wildman–Crippen MR) is 92.5 cm³/mol. The molecule has 2 nitrogen and oxygen atoms in total. The Morgan fingerprint density at radius 2 is 1.18 bits per heavy atom. The lowest BCUT2D eigenvalue weighted by atomic mass is 10.1. The summed E-state index contributed by atoms with van der Waals surface area (Å²) >= 11 is 0. The van der Waals surface area contributed by atoms with Crippen LogP contribution >= 0.6 is 0 Å². The van der Waals surface area contributed by atoms with Crippen LogP contribution in [-0.2, 0) is 6.42 Å². The first-order valence-electron chi connectivity index (χ1n) is 7.69. The maximum absolute atomic E-state index is 2.36. The van der Waals surface area contributed by atoms with E-state index in [0.717, 1.165) is 13.0 Å². The fraction of sp³-hybridized carbons (Fsp3) is 0.100. The van der Waals surface area contributed by atoms with E-state index in [0.29, 0.717) is 0 Å². The van der Waals surface area contributed by atoms with Crippen molar-refractivity contribution in [3.05, 3.63) is 90.5 Å². The standard InChI is InChI=1S/C20H18N2/c1-3-10-18(11-4-1)21-16-15-17-9-7-8-14-20(17)22(21)19-12-5-2-6-13-19/h1-14H,15-16H2. The van der Waals surface area contributed by atoms with Crippen molar-refractivity contribution in [1.82, 2.24) is 0 Å². The highest BCUT2D eigenvalue weighted by atomic mass is 15.6. The van der Waals surface area contributed by atoms with Crippen LogP contribution in [-0.4, -0.2) is 6.54 Å². The summed E-state index contributed by atoms with van der Waals surface area (Å²) in [5.74, 6) is 0. The lowest BCUT2D eigenvalue weighted by molar-refractivity contribution is 0.754. The summed E-state index contributed by atoms with van der Waals surface area (Å²) in [4.78, 5) is 0. The van der Waals surface area contributed by atoms with Crippen molar-refractivity contribution in [2.24, 2.45) is 0 Å². The van der Waals surface area contributed by atoms with E-state index >= 15 is 0 Å². The Kier molecular flexibility index (Phi) is 3.28. The third-order valence-corrected chi connectivity index (χ3v) is 4.11. The Hall–Kier alpha value is -2.74. The zero-order chi connectivity index (χ0) is 14.8. The van der Waals surface area contributed by atoms with Gasteiger partial charge in [0, 0.05) is 6.54 Å². The number of hydrogen-bond acceptors (Lipinski definition) is 2. The van der Waals surface area contributed by atoms with E-state index in [1.807, 2.05) is 0 Å². The SMILES string of the molecule is c1ccc(N2CCc3ccccc3N2c2ccccc2)cc1. The lowest BCUT2D eigenvalue weighted by Crippen LogP contribution is -2.44. The molecule has 0 saturated carbocycles. The molecule has 0 atom stereocenters. The summed E-state index contributed by atoms with van der Waals surface area (Å²) in [6.07, 6.45) is 1.06. The summed E-state index contributed by atoms with van der Waals surface area (Å²) in [5.41, 5.74) is 5.08. The molecule has 0 aliphatic carbocycles. The van der Waals surface area contributed by atoms with E-state index in [4.69, 9.17) is 0 Å². The predicted octanol–water partition coefficient (Wildman–Crippen LogP) is 4.80. The molecule has 1 aliphatic heterocycles. The Morgan fingerprint density at radius 3 is 1.91 bits per heavy atom. The highest BCUT2D eigenvalue weighted by Crippen LogP contribution is 2.36. The molecular weight excluding hydrogens is 268 g/mol. The maximum atomic E-state index is 2.36. The molecule has 0 unspecified atom stereocenters. The summed E-state index contributed by atoms with van der Waals surface area (Å²) in [6, 6.07) is 29.8. The van der Waals surface area contributed by atoms with Crippen LogP contribution in [0.3, 0.4) is 0 Å². The van der Waals surface area contributed by atoms with Crippen molar-refractivity contribution >= 4 is 17.1 Å². The minimum absolute atomic E-state index is 0.982. The second-order valence-corrected chi connectivity index (χ2v) is 5.48. The van der Waals surface area contributed by atoms with Gasteiger partial charge in [0.2, 0.25) is 0 Å². The minimum atomic E-state index is 0.982. The van der Waals surface area contributed by atoms with Crippen molar-refractivity contribution < 1.29 is 0 Å². The van der Waals surface area contributed by atoms with Crippen LogP contribution in [0.5, 0.6) is 0 Å². The summed E-state index contributed by atoms with van der Waals surface area (Å²) in [7, 11) is 0. The van der Waals surface area contributed by atoms with Gasteiger partial charge < -0.3 is 0 Å². The highest BCUT2D eigenvalue weighted by molar-refractivity contribution is 5.73. The monoisotopic (exact) mass is 286 g/mol. The van der Waals surface area contributed by atoms with Crippen LogP contribution in [0.25, 0.3) is 0 Å². The molecule has 0 fully saturated rings. The lowest BCUT2D eigenvalue weighted by Gasteiger charge is -2.42. The molecule has 0 amide bonds. The van der Waals surface area contributed by atoms with Crippen molar-refractivity contribution in [3.8, 4) is 0 Å². The number of benzene rings is 3. The Bertz CT molecular complexity index is 753. The summed E-state index contributed by atoms with van der Waals surface area (Å²) in [5, 5.41) is 4.69. The largest absolute Gasteiger partial charge is 0.280 e. The Morgan fingerprint density at radius 1 is 0.591 bits per heavy atom. The molecule has 0 saturated heterocycles. The third-order valence-electron chi connectivity index (χ3n) is 4.11. The molecule has 3 aromatic rings. The maximum Gasteiger partial charge on any atom is 0.0665 e. The van der Waals surface area contributed by atoms with Gasteiger partial charge in [0.05, 0.1) is 17.1 Å². The van der Waals surface area contributed by atoms with Crippen molar-refractivity contribution in [2.75, 3.05) is 16.6 Å². The topological polar surface area (TPSA) is 6.48 Å². The summed E-state index contributed by atoms with van der Waals surface area (Å²) in [6.45, 7) is 0.982. The summed E-state index contributed by atoms with van der Waals surface area (Å²) < 4.78 is 0. The first-order valence-corrected chi connectivity index (χ1v) is 7.69. The number of fused-ring (bicyclic) bond motifs is 1. The second-order valence-electron chi connectivity index (χ2n) is 5.48. The van der Waals surface area contributed by atoms with Gasteiger partial charge in [-0.2, -0.15) is 0 Å². The van der Waals surface area contributed by atoms with Crippen LogP contribution < -0.4 is 10.0 Å². The van der Waals surface area contributed by atoms with Gasteiger partial charge in [0.25, 0.3) is 0 Å². The average Bonchev–Trinajstić information content (AvgIpc) is 2.62. The van der Waals surface area contributed by atoms with Crippen molar-refractivity contribution in [3.63, 3.8) is 0 Å². The fourth-order valence-electron chi connectivity index (χ4n) is 3.08. The van der Waals surface area contributed by atoms with E-state index in [2.05, 4.69) is 94.9 Å². The van der Waals surface area contributed by atoms with Crippen LogP contribution in [0.4, 0.5) is 17.1 Å². The van der Waals surface area contributed by atoms with Gasteiger partial charge >= 0.3 is 0 Å². The molecule has 0 aromatic heterocycles. The molecule has 1 aliphatic rings. The zero-order valence-electron chi connectivity index (χ0n) is 12.4. The van der Waals surface area contributed by atoms with E-state index in [-0.39, 0.29) is 0 Å². The van der Waals surface area contributed by atoms with Gasteiger partial charge in [-0.1, -0.05) is 54.6 Å². The minimum Gasteiger partial charge on any atom is -0.280 e. The van der Waals surface area contributed by atoms with Gasteiger partial charge in [-0.05, 0) is 42.3 Å². The van der Waals surface area contributed by atoms with Crippen LogP contribution in [0.1, 0.15) is 5.56 Å². The zero-order valence-corrected chi connectivity index (χ0v) is 12.4. The van der Waals surface area contributed by atoms with E-state index in [1.165, 1.54) is 22.6 Å². The molecule has 108 valence electrons. The molecular formula is C20H18N2. The number of anilines is 3. The number of nitrogens with zero attached hydrogens (tertiary/aromatic N) is 2. The number of hydrazine groups is 1. The highest BCUT2D eigenvalue weighted by Gasteiger charge is 2.25. The molecule has 0 bridgehead atoms. The van der Waals surface area contributed by atoms with E-state index in [1.54, 1.807) is 0 Å². The van der Waals surface area contributed by atoms with E-state index < -0.39 is 0 Å². The molecule has 3 aromatic carbocycles. The first-order chi connectivity index (χ1) is 10.9. The van der Waals surface area contributed by atoms with E-state index in [9.17, 15) is 0 Å². The quantitative estimate of drug-likeness (QED) is 0.667. The van der Waals surface area contributed by atoms with Gasteiger partial charge in [-0.25, -0.2) is 0 Å². The molecule has 0 N–H and O–H groups in total. The molecule has 0 radical (unpaired) electrons. The smallest absolute Gasteiger partial charge is 0.0665 e. The number of rotatable bonds is 2. The van der Waals surface area contributed by atoms with Crippen LogP contribution in [0, 0.1) is 0 Å². The molecule has 2 heteroatoms. The van der Waals surface area contributed by atoms with Gasteiger partial charge in [0.15, 0.2) is 0 Å². The molecule has 1 heterocycles. The fourth-order valence-corrected chi connectivity index (χ4v) is 3.08. The average molecular weight is 286 g/mol. The molecule has 4 rings (SSSR count). The third kappa shape index (κ3) is 2.23. The van der Waals surface area contributed by atoms with Crippen molar-refractivity contribution in [2.45, 2.75) is 6.42 Å². The van der Waals surface area contributed by atoms with Gasteiger partial charge in [0.1, 0.15) is 0 Å². The Labute approximate surface area is 131 Å². The normalized spacial score (nSPS) is 13.8. The van der Waals surface area contributed by atoms with Crippen LogP contribution in [0.2, 0.25) is 0 Å². The van der Waals surface area contributed by atoms with Gasteiger partial charge in [-0.3, -0.25) is 10.0 Å². The Balaban J connectivity index is 1.86. The molecule has 0 spiro atoms. The van der Waals surface area contributed by atoms with Crippen molar-refractivity contribution in [1.29, 1.82) is 0 Å².